The van der Waals surface area contributed by atoms with Crippen molar-refractivity contribution in [2.45, 2.75) is 45.7 Å². The van der Waals surface area contributed by atoms with Gasteiger partial charge in [0.2, 0.25) is 5.91 Å². The number of amides is 1. The number of nitriles is 1. The summed E-state index contributed by atoms with van der Waals surface area (Å²) in [4.78, 5) is 12.0. The lowest BCUT2D eigenvalue weighted by Crippen LogP contribution is -2.42. The van der Waals surface area contributed by atoms with E-state index in [0.717, 1.165) is 18.5 Å². The molecule has 19 heavy (non-hydrogen) atoms. The molecule has 4 heteroatoms. The second-order valence-electron chi connectivity index (χ2n) is 4.58. The second-order valence-corrected chi connectivity index (χ2v) is 4.58. The standard InChI is InChI=1S/C15H21N3O/c1-4-13(5-2)18-15(19)11(3)17-14-8-6-7-12(9-14)10-16/h6-9,11,13,17H,4-5H2,1-3H3,(H,18,19). The molecule has 2 N–H and O–H groups in total. The highest BCUT2D eigenvalue weighted by atomic mass is 16.2. The van der Waals surface area contributed by atoms with Crippen molar-refractivity contribution in [3.05, 3.63) is 29.8 Å². The van der Waals surface area contributed by atoms with Crippen LogP contribution in [0.2, 0.25) is 0 Å². The van der Waals surface area contributed by atoms with Gasteiger partial charge in [-0.15, -0.1) is 0 Å². The molecule has 0 saturated heterocycles. The fourth-order valence-electron chi connectivity index (χ4n) is 1.81. The molecular formula is C15H21N3O. The van der Waals surface area contributed by atoms with Crippen LogP contribution < -0.4 is 10.6 Å². The number of carbonyl (C=O) groups is 1. The minimum atomic E-state index is -0.324. The normalized spacial score (nSPS) is 11.7. The Morgan fingerprint density at radius 2 is 2.05 bits per heavy atom. The quantitative estimate of drug-likeness (QED) is 0.825. The van der Waals surface area contributed by atoms with Gasteiger partial charge in [-0.05, 0) is 38.0 Å². The number of nitrogens with one attached hydrogen (secondary N) is 2. The zero-order valence-corrected chi connectivity index (χ0v) is 11.7. The Morgan fingerprint density at radius 1 is 1.37 bits per heavy atom. The molecule has 1 rings (SSSR count). The first-order chi connectivity index (χ1) is 9.10. The number of nitrogens with zero attached hydrogens (tertiary/aromatic N) is 1. The molecule has 1 atom stereocenters. The van der Waals surface area contributed by atoms with E-state index in [1.807, 2.05) is 13.0 Å². The van der Waals surface area contributed by atoms with Gasteiger partial charge in [0.05, 0.1) is 11.6 Å². The van der Waals surface area contributed by atoms with Crippen LogP contribution in [0.4, 0.5) is 5.69 Å². The van der Waals surface area contributed by atoms with Gasteiger partial charge in [-0.3, -0.25) is 4.79 Å². The smallest absolute Gasteiger partial charge is 0.242 e. The summed E-state index contributed by atoms with van der Waals surface area (Å²) in [6.45, 7) is 5.93. The predicted molar refractivity (Wildman–Crippen MR) is 76.8 cm³/mol. The van der Waals surface area contributed by atoms with E-state index in [0.29, 0.717) is 5.56 Å². The zero-order valence-electron chi connectivity index (χ0n) is 11.7. The minimum Gasteiger partial charge on any atom is -0.374 e. The molecule has 0 bridgehead atoms. The van der Waals surface area contributed by atoms with E-state index in [2.05, 4.69) is 30.6 Å². The first-order valence-electron chi connectivity index (χ1n) is 6.67. The van der Waals surface area contributed by atoms with Gasteiger partial charge in [0.25, 0.3) is 0 Å². The van der Waals surface area contributed by atoms with Gasteiger partial charge in [-0.1, -0.05) is 19.9 Å². The molecule has 0 fully saturated rings. The molecule has 0 heterocycles. The number of anilines is 1. The third-order valence-corrected chi connectivity index (χ3v) is 3.10. The molecule has 102 valence electrons. The second kappa shape index (κ2) is 7.42. The number of hydrogen-bond donors (Lipinski definition) is 2. The van der Waals surface area contributed by atoms with E-state index in [9.17, 15) is 4.79 Å². The summed E-state index contributed by atoms with van der Waals surface area (Å²) in [6.07, 6.45) is 1.86. The highest BCUT2D eigenvalue weighted by molar-refractivity contribution is 5.84. The Labute approximate surface area is 114 Å². The predicted octanol–water partition coefficient (Wildman–Crippen LogP) is 2.66. The summed E-state index contributed by atoms with van der Waals surface area (Å²) in [7, 11) is 0. The fraction of sp³-hybridized carbons (Fsp3) is 0.467. The van der Waals surface area contributed by atoms with Crippen LogP contribution in [0, 0.1) is 11.3 Å². The molecule has 1 amide bonds. The van der Waals surface area contributed by atoms with Gasteiger partial charge in [-0.2, -0.15) is 5.26 Å². The van der Waals surface area contributed by atoms with Crippen molar-refractivity contribution < 1.29 is 4.79 Å². The van der Waals surface area contributed by atoms with Crippen molar-refractivity contribution in [1.82, 2.24) is 5.32 Å². The monoisotopic (exact) mass is 259 g/mol. The van der Waals surface area contributed by atoms with Gasteiger partial charge in [0, 0.05) is 11.7 Å². The lowest BCUT2D eigenvalue weighted by atomic mass is 10.1. The molecule has 4 nitrogen and oxygen atoms in total. The number of rotatable bonds is 6. The van der Waals surface area contributed by atoms with Crippen molar-refractivity contribution in [3.8, 4) is 6.07 Å². The molecule has 0 aliphatic heterocycles. The van der Waals surface area contributed by atoms with Gasteiger partial charge >= 0.3 is 0 Å². The average Bonchev–Trinajstić information content (AvgIpc) is 2.44. The van der Waals surface area contributed by atoms with Crippen molar-refractivity contribution >= 4 is 11.6 Å². The Kier molecular flexibility index (Phi) is 5.87. The van der Waals surface area contributed by atoms with Crippen LogP contribution in [-0.2, 0) is 4.79 Å². The van der Waals surface area contributed by atoms with Crippen molar-refractivity contribution in [1.29, 1.82) is 5.26 Å². The lowest BCUT2D eigenvalue weighted by molar-refractivity contribution is -0.122. The maximum atomic E-state index is 12.0. The molecule has 0 aliphatic carbocycles. The Bertz CT molecular complexity index is 461. The highest BCUT2D eigenvalue weighted by Gasteiger charge is 2.15. The Morgan fingerprint density at radius 3 is 2.63 bits per heavy atom. The number of carbonyl (C=O) groups excluding carboxylic acids is 1. The van der Waals surface area contributed by atoms with Crippen LogP contribution in [0.1, 0.15) is 39.2 Å². The van der Waals surface area contributed by atoms with Crippen molar-refractivity contribution in [3.63, 3.8) is 0 Å². The average molecular weight is 259 g/mol. The maximum Gasteiger partial charge on any atom is 0.242 e. The lowest BCUT2D eigenvalue weighted by Gasteiger charge is -2.20. The van der Waals surface area contributed by atoms with Crippen LogP contribution >= 0.6 is 0 Å². The van der Waals surface area contributed by atoms with E-state index < -0.39 is 0 Å². The first kappa shape index (κ1) is 15.0. The van der Waals surface area contributed by atoms with E-state index in [1.165, 1.54) is 0 Å². The van der Waals surface area contributed by atoms with Crippen LogP contribution in [0.25, 0.3) is 0 Å². The van der Waals surface area contributed by atoms with Crippen LogP contribution in [0.15, 0.2) is 24.3 Å². The minimum absolute atomic E-state index is 0.0175. The summed E-state index contributed by atoms with van der Waals surface area (Å²) in [5.41, 5.74) is 1.36. The first-order valence-corrected chi connectivity index (χ1v) is 6.67. The van der Waals surface area contributed by atoms with E-state index >= 15 is 0 Å². The Balaban J connectivity index is 2.61. The van der Waals surface area contributed by atoms with E-state index in [1.54, 1.807) is 18.2 Å². The van der Waals surface area contributed by atoms with E-state index in [-0.39, 0.29) is 18.0 Å². The van der Waals surface area contributed by atoms with Crippen LogP contribution in [0.5, 0.6) is 0 Å². The molecule has 0 radical (unpaired) electrons. The third-order valence-electron chi connectivity index (χ3n) is 3.10. The van der Waals surface area contributed by atoms with Crippen LogP contribution in [-0.4, -0.2) is 18.0 Å². The van der Waals surface area contributed by atoms with Gasteiger partial charge in [0.1, 0.15) is 6.04 Å². The number of hydrogen-bond acceptors (Lipinski definition) is 3. The fourth-order valence-corrected chi connectivity index (χ4v) is 1.81. The van der Waals surface area contributed by atoms with Gasteiger partial charge in [-0.25, -0.2) is 0 Å². The molecule has 0 aromatic heterocycles. The molecule has 0 aliphatic rings. The SMILES string of the molecule is CCC(CC)NC(=O)C(C)Nc1cccc(C#N)c1. The van der Waals surface area contributed by atoms with E-state index in [4.69, 9.17) is 5.26 Å². The zero-order chi connectivity index (χ0) is 14.3. The molecule has 0 spiro atoms. The largest absolute Gasteiger partial charge is 0.374 e. The van der Waals surface area contributed by atoms with Crippen LogP contribution in [0.3, 0.4) is 0 Å². The number of benzene rings is 1. The van der Waals surface area contributed by atoms with Crippen molar-refractivity contribution in [2.75, 3.05) is 5.32 Å². The third kappa shape index (κ3) is 4.63. The summed E-state index contributed by atoms with van der Waals surface area (Å²) >= 11 is 0. The summed E-state index contributed by atoms with van der Waals surface area (Å²) in [6, 6.07) is 9.10. The van der Waals surface area contributed by atoms with Gasteiger partial charge < -0.3 is 10.6 Å². The molecular weight excluding hydrogens is 238 g/mol. The van der Waals surface area contributed by atoms with Gasteiger partial charge in [0.15, 0.2) is 0 Å². The molecule has 1 unspecified atom stereocenters. The molecule has 1 aromatic carbocycles. The Hall–Kier alpha value is -2.02. The molecule has 1 aromatic rings. The van der Waals surface area contributed by atoms with Crippen molar-refractivity contribution in [2.24, 2.45) is 0 Å². The summed E-state index contributed by atoms with van der Waals surface area (Å²) in [5.74, 6) is -0.0175. The summed E-state index contributed by atoms with van der Waals surface area (Å²) < 4.78 is 0. The summed E-state index contributed by atoms with van der Waals surface area (Å²) in [5, 5.41) is 14.9. The highest BCUT2D eigenvalue weighted by Crippen LogP contribution is 2.11. The molecule has 0 saturated carbocycles. The maximum absolute atomic E-state index is 12.0. The topological polar surface area (TPSA) is 64.9 Å².